The zero-order chi connectivity index (χ0) is 9.56. The first-order valence-electron chi connectivity index (χ1n) is 4.00. The molecule has 0 spiro atoms. The number of allylic oxidation sites excluding steroid dienone is 4. The summed E-state index contributed by atoms with van der Waals surface area (Å²) in [6.07, 6.45) is 7.83. The summed E-state index contributed by atoms with van der Waals surface area (Å²) < 4.78 is 0. The fourth-order valence-corrected chi connectivity index (χ4v) is 0.793. The molecule has 0 saturated carbocycles. The summed E-state index contributed by atoms with van der Waals surface area (Å²) in [5.74, 6) is 0. The minimum absolute atomic E-state index is 0.945. The molecule has 66 valence electrons. The van der Waals surface area contributed by atoms with Crippen LogP contribution in [0.4, 0.5) is 0 Å². The molecule has 0 aromatic carbocycles. The maximum absolute atomic E-state index is 3.89. The predicted molar refractivity (Wildman–Crippen MR) is 55.7 cm³/mol. The summed E-state index contributed by atoms with van der Waals surface area (Å²) >= 11 is 0. The molecule has 12 heavy (non-hydrogen) atoms. The lowest BCUT2D eigenvalue weighted by Gasteiger charge is -2.19. The second-order valence-electron chi connectivity index (χ2n) is 2.54. The average Bonchev–Trinajstić information content (AvgIpc) is 2.04. The number of likely N-dealkylation sites (N-methyl/N-ethyl adjacent to an activating group) is 1. The van der Waals surface area contributed by atoms with Crippen LogP contribution in [-0.4, -0.2) is 11.9 Å². The maximum Gasteiger partial charge on any atom is 0.0331 e. The van der Waals surface area contributed by atoms with Crippen molar-refractivity contribution >= 4 is 0 Å². The van der Waals surface area contributed by atoms with Gasteiger partial charge in [0, 0.05) is 18.4 Å². The van der Waals surface area contributed by atoms with Crippen LogP contribution in [0.1, 0.15) is 13.8 Å². The van der Waals surface area contributed by atoms with E-state index in [4.69, 9.17) is 0 Å². The molecule has 0 aliphatic heterocycles. The molecule has 0 N–H and O–H groups in total. The maximum atomic E-state index is 3.89. The normalized spacial score (nSPS) is 10.9. The first-order valence-corrected chi connectivity index (χ1v) is 4.00. The lowest BCUT2D eigenvalue weighted by atomic mass is 10.3. The molecule has 1 heteroatoms. The quantitative estimate of drug-likeness (QED) is 0.576. The van der Waals surface area contributed by atoms with Crippen LogP contribution in [0.3, 0.4) is 0 Å². The Morgan fingerprint density at radius 1 is 1.00 bits per heavy atom. The van der Waals surface area contributed by atoms with Crippen molar-refractivity contribution in [3.8, 4) is 0 Å². The number of hydrogen-bond acceptors (Lipinski definition) is 1. The highest BCUT2D eigenvalue weighted by Gasteiger charge is 1.98. The van der Waals surface area contributed by atoms with E-state index in [9.17, 15) is 0 Å². The summed E-state index contributed by atoms with van der Waals surface area (Å²) in [6, 6.07) is 0. The topological polar surface area (TPSA) is 3.24 Å². The van der Waals surface area contributed by atoms with Crippen molar-refractivity contribution in [2.75, 3.05) is 7.05 Å². The van der Waals surface area contributed by atoms with Gasteiger partial charge in [0.2, 0.25) is 0 Å². The molecule has 0 fully saturated rings. The van der Waals surface area contributed by atoms with E-state index in [0.29, 0.717) is 0 Å². The van der Waals surface area contributed by atoms with Gasteiger partial charge in [-0.25, -0.2) is 0 Å². The molecule has 0 unspecified atom stereocenters. The summed E-state index contributed by atoms with van der Waals surface area (Å²) in [5, 5.41) is 0. The van der Waals surface area contributed by atoms with Crippen molar-refractivity contribution in [2.24, 2.45) is 0 Å². The second-order valence-corrected chi connectivity index (χ2v) is 2.54. The van der Waals surface area contributed by atoms with Gasteiger partial charge in [0.1, 0.15) is 0 Å². The van der Waals surface area contributed by atoms with E-state index in [2.05, 4.69) is 13.2 Å². The van der Waals surface area contributed by atoms with Crippen LogP contribution in [0.15, 0.2) is 48.9 Å². The van der Waals surface area contributed by atoms with Gasteiger partial charge in [-0.05, 0) is 26.0 Å². The molecule has 0 aliphatic rings. The van der Waals surface area contributed by atoms with Crippen molar-refractivity contribution < 1.29 is 0 Å². The molecule has 0 heterocycles. The highest BCUT2D eigenvalue weighted by Crippen LogP contribution is 2.08. The van der Waals surface area contributed by atoms with Gasteiger partial charge in [0.25, 0.3) is 0 Å². The molecule has 0 aromatic rings. The number of rotatable bonds is 4. The SMILES string of the molecule is C=C(C=CC)N(C)C(=C)C=CC. The van der Waals surface area contributed by atoms with Gasteiger partial charge >= 0.3 is 0 Å². The van der Waals surface area contributed by atoms with Gasteiger partial charge in [-0.1, -0.05) is 25.3 Å². The molecule has 0 radical (unpaired) electrons. The van der Waals surface area contributed by atoms with Crippen LogP contribution >= 0.6 is 0 Å². The van der Waals surface area contributed by atoms with Gasteiger partial charge in [-0.15, -0.1) is 0 Å². The van der Waals surface area contributed by atoms with Crippen molar-refractivity contribution in [3.05, 3.63) is 48.9 Å². The minimum Gasteiger partial charge on any atom is -0.346 e. The Morgan fingerprint density at radius 3 is 1.58 bits per heavy atom. The summed E-state index contributed by atoms with van der Waals surface area (Å²) in [4.78, 5) is 1.94. The Kier molecular flexibility index (Phi) is 4.86. The Labute approximate surface area is 75.4 Å². The largest absolute Gasteiger partial charge is 0.346 e. The molecule has 0 bridgehead atoms. The van der Waals surface area contributed by atoms with Crippen molar-refractivity contribution in [2.45, 2.75) is 13.8 Å². The van der Waals surface area contributed by atoms with E-state index < -0.39 is 0 Å². The molecule has 1 nitrogen and oxygen atoms in total. The summed E-state index contributed by atoms with van der Waals surface area (Å²) in [5.41, 5.74) is 1.89. The molecule has 0 saturated heterocycles. The third-order valence-corrected chi connectivity index (χ3v) is 1.58. The van der Waals surface area contributed by atoms with Crippen molar-refractivity contribution in [1.82, 2.24) is 4.90 Å². The predicted octanol–water partition coefficient (Wildman–Crippen LogP) is 3.10. The zero-order valence-electron chi connectivity index (χ0n) is 8.17. The van der Waals surface area contributed by atoms with Gasteiger partial charge < -0.3 is 4.90 Å². The zero-order valence-corrected chi connectivity index (χ0v) is 8.17. The van der Waals surface area contributed by atoms with E-state index in [1.807, 2.05) is 50.1 Å². The lowest BCUT2D eigenvalue weighted by molar-refractivity contribution is 0.559. The van der Waals surface area contributed by atoms with Crippen LogP contribution in [0.5, 0.6) is 0 Å². The van der Waals surface area contributed by atoms with Crippen LogP contribution in [-0.2, 0) is 0 Å². The van der Waals surface area contributed by atoms with Crippen molar-refractivity contribution in [1.29, 1.82) is 0 Å². The number of hydrogen-bond donors (Lipinski definition) is 0. The van der Waals surface area contributed by atoms with Gasteiger partial charge in [0.05, 0.1) is 0 Å². The lowest BCUT2D eigenvalue weighted by Crippen LogP contribution is -2.12. The third kappa shape index (κ3) is 3.24. The van der Waals surface area contributed by atoms with Crippen molar-refractivity contribution in [3.63, 3.8) is 0 Å². The van der Waals surface area contributed by atoms with Crippen LogP contribution in [0, 0.1) is 0 Å². The Morgan fingerprint density at radius 2 is 1.33 bits per heavy atom. The standard InChI is InChI=1S/C11H17N/c1-6-8-10(3)12(5)11(4)9-7-2/h6-9H,3-4H2,1-2,5H3. The molecule has 0 amide bonds. The van der Waals surface area contributed by atoms with Gasteiger partial charge in [0.15, 0.2) is 0 Å². The fourth-order valence-electron chi connectivity index (χ4n) is 0.793. The van der Waals surface area contributed by atoms with Gasteiger partial charge in [-0.3, -0.25) is 0 Å². The smallest absolute Gasteiger partial charge is 0.0331 e. The molecular formula is C11H17N. The monoisotopic (exact) mass is 163 g/mol. The summed E-state index contributed by atoms with van der Waals surface area (Å²) in [6.45, 7) is 11.7. The van der Waals surface area contributed by atoms with E-state index in [1.54, 1.807) is 0 Å². The van der Waals surface area contributed by atoms with Crippen LogP contribution < -0.4 is 0 Å². The Bertz CT molecular complexity index is 197. The van der Waals surface area contributed by atoms with E-state index in [-0.39, 0.29) is 0 Å². The van der Waals surface area contributed by atoms with E-state index >= 15 is 0 Å². The van der Waals surface area contributed by atoms with E-state index in [0.717, 1.165) is 11.4 Å². The van der Waals surface area contributed by atoms with E-state index in [1.165, 1.54) is 0 Å². The Balaban J connectivity index is 4.28. The summed E-state index contributed by atoms with van der Waals surface area (Å²) in [7, 11) is 1.95. The fraction of sp³-hybridized carbons (Fsp3) is 0.273. The number of nitrogens with zero attached hydrogens (tertiary/aromatic N) is 1. The molecular weight excluding hydrogens is 146 g/mol. The molecule has 0 aromatic heterocycles. The first-order chi connectivity index (χ1) is 5.63. The highest BCUT2D eigenvalue weighted by molar-refractivity contribution is 5.23. The van der Waals surface area contributed by atoms with Crippen LogP contribution in [0.25, 0.3) is 0 Å². The third-order valence-electron chi connectivity index (χ3n) is 1.58. The first kappa shape index (κ1) is 10.8. The minimum atomic E-state index is 0.945. The highest BCUT2D eigenvalue weighted by atomic mass is 15.1. The van der Waals surface area contributed by atoms with Crippen LogP contribution in [0.2, 0.25) is 0 Å². The Hall–Kier alpha value is -1.24. The average molecular weight is 163 g/mol. The van der Waals surface area contributed by atoms with Gasteiger partial charge in [-0.2, -0.15) is 0 Å². The molecule has 0 rings (SSSR count). The second kappa shape index (κ2) is 5.42. The molecule has 0 atom stereocenters. The molecule has 0 aliphatic carbocycles.